The van der Waals surface area contributed by atoms with E-state index in [1.807, 2.05) is 31.2 Å². The molecule has 1 fully saturated rings. The van der Waals surface area contributed by atoms with Gasteiger partial charge in [-0.1, -0.05) is 17.7 Å². The Balaban J connectivity index is 1.46. The average Bonchev–Trinajstić information content (AvgIpc) is 3.09. The zero-order valence-corrected chi connectivity index (χ0v) is 18.1. The van der Waals surface area contributed by atoms with Crippen molar-refractivity contribution in [1.82, 2.24) is 24.6 Å². The Hall–Kier alpha value is -2.93. The standard InChI is InChI=1S/C23H24ClN5O2/c1-14-3-2-4-19(25-14)15-5-7-16(8-6-15)22-27-26-21-13-28(23(30)31)12-17-11-18(24)9-10-20(17)29(21)22/h2-4,9-11,15-16H,5-8,12-13H2,1H3,(H,30,31)/t15-,16-. The third-order valence-electron chi connectivity index (χ3n) is 6.42. The second-order valence-corrected chi connectivity index (χ2v) is 8.91. The Morgan fingerprint density at radius 3 is 2.58 bits per heavy atom. The molecule has 8 heteroatoms. The molecule has 3 heterocycles. The van der Waals surface area contributed by atoms with Gasteiger partial charge in [-0.3, -0.25) is 14.5 Å². The van der Waals surface area contributed by atoms with Crippen molar-refractivity contribution in [1.29, 1.82) is 0 Å². The first-order chi connectivity index (χ1) is 15.0. The predicted octanol–water partition coefficient (Wildman–Crippen LogP) is 5.06. The van der Waals surface area contributed by atoms with Gasteiger partial charge < -0.3 is 5.11 Å². The lowest BCUT2D eigenvalue weighted by Gasteiger charge is -2.28. The Kier molecular flexibility index (Phi) is 5.14. The Bertz CT molecular complexity index is 1140. The van der Waals surface area contributed by atoms with Crippen molar-refractivity contribution in [3.05, 3.63) is 70.0 Å². The molecule has 0 unspecified atom stereocenters. The Labute approximate surface area is 185 Å². The number of carboxylic acid groups (broad SMARTS) is 1. The molecule has 31 heavy (non-hydrogen) atoms. The molecule has 0 radical (unpaired) electrons. The van der Waals surface area contributed by atoms with Crippen LogP contribution < -0.4 is 0 Å². The van der Waals surface area contributed by atoms with E-state index in [0.29, 0.717) is 16.8 Å². The molecule has 0 saturated heterocycles. The van der Waals surface area contributed by atoms with Crippen molar-refractivity contribution in [3.8, 4) is 5.69 Å². The maximum Gasteiger partial charge on any atom is 0.408 e. The van der Waals surface area contributed by atoms with E-state index in [2.05, 4.69) is 26.9 Å². The van der Waals surface area contributed by atoms with Gasteiger partial charge in [-0.2, -0.15) is 0 Å². The highest BCUT2D eigenvalue weighted by Gasteiger charge is 2.32. The molecule has 2 aliphatic rings. The minimum atomic E-state index is -0.977. The minimum absolute atomic E-state index is 0.206. The number of pyridine rings is 1. The number of hydrogen-bond acceptors (Lipinski definition) is 4. The smallest absolute Gasteiger partial charge is 0.408 e. The Morgan fingerprint density at radius 2 is 1.84 bits per heavy atom. The highest BCUT2D eigenvalue weighted by molar-refractivity contribution is 6.30. The largest absolute Gasteiger partial charge is 0.465 e. The van der Waals surface area contributed by atoms with Crippen LogP contribution in [0.15, 0.2) is 36.4 Å². The fourth-order valence-electron chi connectivity index (χ4n) is 4.86. The van der Waals surface area contributed by atoms with Crippen LogP contribution in [-0.2, 0) is 13.1 Å². The topological polar surface area (TPSA) is 84.1 Å². The summed E-state index contributed by atoms with van der Waals surface area (Å²) < 4.78 is 2.06. The van der Waals surface area contributed by atoms with Crippen LogP contribution in [0, 0.1) is 6.92 Å². The highest BCUT2D eigenvalue weighted by atomic mass is 35.5. The summed E-state index contributed by atoms with van der Waals surface area (Å²) in [5, 5.41) is 19.1. The molecule has 0 spiro atoms. The molecular weight excluding hydrogens is 414 g/mol. The maximum absolute atomic E-state index is 11.7. The van der Waals surface area contributed by atoms with Crippen LogP contribution in [0.5, 0.6) is 0 Å². The van der Waals surface area contributed by atoms with Gasteiger partial charge in [-0.25, -0.2) is 4.79 Å². The summed E-state index contributed by atoms with van der Waals surface area (Å²) in [5.74, 6) is 2.32. The summed E-state index contributed by atoms with van der Waals surface area (Å²) in [6.07, 6.45) is 3.14. The summed E-state index contributed by atoms with van der Waals surface area (Å²) in [5.41, 5.74) is 4.02. The molecule has 1 aliphatic carbocycles. The lowest BCUT2D eigenvalue weighted by atomic mass is 9.80. The fraction of sp³-hybridized carbons (Fsp3) is 0.391. The van der Waals surface area contributed by atoms with Crippen molar-refractivity contribution >= 4 is 17.7 Å². The Morgan fingerprint density at radius 1 is 1.06 bits per heavy atom. The van der Waals surface area contributed by atoms with Gasteiger partial charge in [0.05, 0.1) is 18.8 Å². The van der Waals surface area contributed by atoms with Gasteiger partial charge in [0, 0.05) is 28.2 Å². The zero-order chi connectivity index (χ0) is 21.5. The molecule has 1 amide bonds. The first-order valence-corrected chi connectivity index (χ1v) is 11.0. The highest BCUT2D eigenvalue weighted by Crippen LogP contribution is 2.41. The van der Waals surface area contributed by atoms with Crippen LogP contribution in [0.2, 0.25) is 5.02 Å². The van der Waals surface area contributed by atoms with Crippen molar-refractivity contribution < 1.29 is 9.90 Å². The molecule has 0 bridgehead atoms. The molecule has 5 rings (SSSR count). The van der Waals surface area contributed by atoms with Crippen molar-refractivity contribution in [2.45, 2.75) is 57.5 Å². The van der Waals surface area contributed by atoms with E-state index in [-0.39, 0.29) is 19.0 Å². The molecule has 3 aromatic rings. The van der Waals surface area contributed by atoms with Gasteiger partial charge in [0.2, 0.25) is 0 Å². The third kappa shape index (κ3) is 3.78. The zero-order valence-electron chi connectivity index (χ0n) is 17.3. The van der Waals surface area contributed by atoms with Gasteiger partial charge >= 0.3 is 6.09 Å². The van der Waals surface area contributed by atoms with Crippen molar-refractivity contribution in [2.75, 3.05) is 0 Å². The number of carbonyl (C=O) groups is 1. The molecule has 1 aliphatic heterocycles. The third-order valence-corrected chi connectivity index (χ3v) is 6.66. The van der Waals surface area contributed by atoms with E-state index in [1.165, 1.54) is 10.6 Å². The molecular formula is C23H24ClN5O2. The first kappa shape index (κ1) is 20.0. The van der Waals surface area contributed by atoms with E-state index < -0.39 is 6.09 Å². The van der Waals surface area contributed by atoms with E-state index in [0.717, 1.165) is 48.5 Å². The second kappa shape index (κ2) is 7.96. The van der Waals surface area contributed by atoms with Gasteiger partial charge in [0.1, 0.15) is 5.82 Å². The molecule has 2 aromatic heterocycles. The minimum Gasteiger partial charge on any atom is -0.465 e. The number of rotatable bonds is 2. The molecule has 7 nitrogen and oxygen atoms in total. The molecule has 1 saturated carbocycles. The summed E-state index contributed by atoms with van der Waals surface area (Å²) in [6.45, 7) is 2.52. The van der Waals surface area contributed by atoms with E-state index in [4.69, 9.17) is 16.6 Å². The van der Waals surface area contributed by atoms with Crippen molar-refractivity contribution in [3.63, 3.8) is 0 Å². The van der Waals surface area contributed by atoms with Crippen LogP contribution >= 0.6 is 11.6 Å². The summed E-state index contributed by atoms with van der Waals surface area (Å²) in [7, 11) is 0. The van der Waals surface area contributed by atoms with Crippen LogP contribution in [-0.4, -0.2) is 35.8 Å². The van der Waals surface area contributed by atoms with Crippen LogP contribution in [0.1, 0.15) is 66.1 Å². The monoisotopic (exact) mass is 437 g/mol. The lowest BCUT2D eigenvalue weighted by molar-refractivity contribution is 0.139. The lowest BCUT2D eigenvalue weighted by Crippen LogP contribution is -2.27. The maximum atomic E-state index is 11.7. The molecule has 0 atom stereocenters. The number of amides is 1. The fourth-order valence-corrected chi connectivity index (χ4v) is 5.06. The second-order valence-electron chi connectivity index (χ2n) is 8.47. The number of fused-ring (bicyclic) bond motifs is 3. The van der Waals surface area contributed by atoms with Gasteiger partial charge in [0.15, 0.2) is 5.82 Å². The molecule has 160 valence electrons. The van der Waals surface area contributed by atoms with Crippen molar-refractivity contribution in [2.24, 2.45) is 0 Å². The first-order valence-electron chi connectivity index (χ1n) is 10.6. The number of aromatic nitrogens is 4. The summed E-state index contributed by atoms with van der Waals surface area (Å²) in [6, 6.07) is 11.9. The average molecular weight is 438 g/mol. The van der Waals surface area contributed by atoms with Gasteiger partial charge in [0.25, 0.3) is 0 Å². The number of nitrogens with zero attached hydrogens (tertiary/aromatic N) is 5. The summed E-state index contributed by atoms with van der Waals surface area (Å²) in [4.78, 5) is 17.8. The summed E-state index contributed by atoms with van der Waals surface area (Å²) >= 11 is 6.22. The normalized spacial score (nSPS) is 20.6. The van der Waals surface area contributed by atoms with E-state index in [1.54, 1.807) is 0 Å². The quantitative estimate of drug-likeness (QED) is 0.605. The van der Waals surface area contributed by atoms with Crippen LogP contribution in [0.25, 0.3) is 5.69 Å². The SMILES string of the molecule is Cc1cccc([C@H]2CC[C@H](c3nnc4n3-c3ccc(Cl)cc3CN(C(=O)O)C4)CC2)n1. The van der Waals surface area contributed by atoms with E-state index in [9.17, 15) is 9.90 Å². The predicted molar refractivity (Wildman–Crippen MR) is 117 cm³/mol. The van der Waals surface area contributed by atoms with E-state index >= 15 is 0 Å². The number of hydrogen-bond donors (Lipinski definition) is 1. The molecule has 1 N–H and O–H groups in total. The van der Waals surface area contributed by atoms with Crippen LogP contribution in [0.3, 0.4) is 0 Å². The number of aryl methyl sites for hydroxylation is 1. The number of benzene rings is 1. The number of halogens is 1. The molecule has 1 aromatic carbocycles. The van der Waals surface area contributed by atoms with Gasteiger partial charge in [-0.15, -0.1) is 10.2 Å². The van der Waals surface area contributed by atoms with Gasteiger partial charge in [-0.05, 0) is 68.5 Å². The van der Waals surface area contributed by atoms with Crippen LogP contribution in [0.4, 0.5) is 4.79 Å².